The molecule has 2 aromatic carbocycles. The Bertz CT molecular complexity index is 1150. The molecular formula is C28H31NO5. The number of ketones is 2. The van der Waals surface area contributed by atoms with E-state index in [9.17, 15) is 9.59 Å². The van der Waals surface area contributed by atoms with Crippen molar-refractivity contribution in [1.29, 1.82) is 0 Å². The Morgan fingerprint density at radius 3 is 2.06 bits per heavy atom. The molecule has 1 aliphatic heterocycles. The standard InChI is InChI=1S/C28H31NO5/c1-18-23(26(31)28(34-4)27(33-3)25(18)30)16-19-8-13-22(20-9-11-21(32-2)12-10-20)24(17-19)29-14-6-5-7-15-29/h8-13,17H,5-7,14-16H2,1-4H3. The molecular weight excluding hydrogens is 430 g/mol. The Morgan fingerprint density at radius 1 is 0.794 bits per heavy atom. The number of allylic oxidation sites excluding steroid dienone is 2. The Morgan fingerprint density at radius 2 is 1.44 bits per heavy atom. The highest BCUT2D eigenvalue weighted by Gasteiger charge is 2.34. The monoisotopic (exact) mass is 461 g/mol. The molecule has 0 amide bonds. The molecule has 0 radical (unpaired) electrons. The Kier molecular flexibility index (Phi) is 7.06. The highest BCUT2D eigenvalue weighted by atomic mass is 16.5. The number of benzene rings is 2. The highest BCUT2D eigenvalue weighted by molar-refractivity contribution is 6.23. The zero-order chi connectivity index (χ0) is 24.2. The number of hydrogen-bond acceptors (Lipinski definition) is 6. The number of piperidine rings is 1. The maximum atomic E-state index is 13.1. The Hall–Kier alpha value is -3.54. The fraction of sp³-hybridized carbons (Fsp3) is 0.357. The van der Waals surface area contributed by atoms with Gasteiger partial charge in [-0.25, -0.2) is 0 Å². The van der Waals surface area contributed by atoms with Gasteiger partial charge in [0.15, 0.2) is 0 Å². The fourth-order valence-electron chi connectivity index (χ4n) is 4.71. The molecule has 0 bridgehead atoms. The minimum absolute atomic E-state index is 0.0285. The number of nitrogens with zero attached hydrogens (tertiary/aromatic N) is 1. The molecule has 1 fully saturated rings. The summed E-state index contributed by atoms with van der Waals surface area (Å²) in [6, 6.07) is 14.4. The van der Waals surface area contributed by atoms with Crippen molar-refractivity contribution in [3.05, 3.63) is 70.7 Å². The van der Waals surface area contributed by atoms with Crippen LogP contribution in [0.25, 0.3) is 11.1 Å². The van der Waals surface area contributed by atoms with E-state index in [1.807, 2.05) is 18.2 Å². The lowest BCUT2D eigenvalue weighted by Gasteiger charge is -2.31. The maximum Gasteiger partial charge on any atom is 0.228 e. The van der Waals surface area contributed by atoms with Crippen LogP contribution < -0.4 is 9.64 Å². The molecule has 0 N–H and O–H groups in total. The zero-order valence-electron chi connectivity index (χ0n) is 20.3. The molecule has 6 heteroatoms. The van der Waals surface area contributed by atoms with Gasteiger partial charge in [-0.15, -0.1) is 0 Å². The number of ether oxygens (including phenoxy) is 3. The van der Waals surface area contributed by atoms with Crippen molar-refractivity contribution >= 4 is 17.3 Å². The second-order valence-corrected chi connectivity index (χ2v) is 8.63. The number of anilines is 1. The molecule has 0 aromatic heterocycles. The van der Waals surface area contributed by atoms with Gasteiger partial charge >= 0.3 is 0 Å². The summed E-state index contributed by atoms with van der Waals surface area (Å²) < 4.78 is 15.7. The van der Waals surface area contributed by atoms with Gasteiger partial charge in [-0.1, -0.05) is 24.3 Å². The molecule has 34 heavy (non-hydrogen) atoms. The van der Waals surface area contributed by atoms with Crippen molar-refractivity contribution in [1.82, 2.24) is 0 Å². The summed E-state index contributed by atoms with van der Waals surface area (Å²) in [5.41, 5.74) is 5.23. The van der Waals surface area contributed by atoms with Crippen LogP contribution in [0.2, 0.25) is 0 Å². The van der Waals surface area contributed by atoms with Gasteiger partial charge in [0.2, 0.25) is 23.1 Å². The van der Waals surface area contributed by atoms with Gasteiger partial charge in [0.1, 0.15) is 5.75 Å². The van der Waals surface area contributed by atoms with Gasteiger partial charge in [0, 0.05) is 41.9 Å². The van der Waals surface area contributed by atoms with E-state index in [0.717, 1.165) is 54.1 Å². The lowest BCUT2D eigenvalue weighted by Crippen LogP contribution is -2.30. The van der Waals surface area contributed by atoms with Gasteiger partial charge in [-0.2, -0.15) is 0 Å². The SMILES string of the molecule is COC1=C(OC)C(=O)C(Cc2ccc(-c3ccc(OC)cc3)c(N3CCCCC3)c2)=C(C)C1=O. The second-order valence-electron chi connectivity index (χ2n) is 8.63. The van der Waals surface area contributed by atoms with E-state index in [1.165, 1.54) is 20.6 Å². The average Bonchev–Trinajstić information content (AvgIpc) is 2.89. The van der Waals surface area contributed by atoms with Gasteiger partial charge in [-0.05, 0) is 55.5 Å². The van der Waals surface area contributed by atoms with E-state index in [-0.39, 0.29) is 23.1 Å². The third kappa shape index (κ3) is 4.45. The van der Waals surface area contributed by atoms with Gasteiger partial charge in [-0.3, -0.25) is 9.59 Å². The number of hydrogen-bond donors (Lipinski definition) is 0. The third-order valence-corrected chi connectivity index (χ3v) is 6.64. The second kappa shape index (κ2) is 10.2. The number of Topliss-reactive ketones (excluding diaryl/α,β-unsaturated/α-hetero) is 2. The van der Waals surface area contributed by atoms with E-state index in [4.69, 9.17) is 14.2 Å². The largest absolute Gasteiger partial charge is 0.497 e. The summed E-state index contributed by atoms with van der Waals surface area (Å²) in [5, 5.41) is 0. The molecule has 2 aromatic rings. The van der Waals surface area contributed by atoms with Crippen molar-refractivity contribution in [2.75, 3.05) is 39.3 Å². The summed E-state index contributed by atoms with van der Waals surface area (Å²) in [7, 11) is 4.42. The smallest absolute Gasteiger partial charge is 0.228 e. The number of carbonyl (C=O) groups excluding carboxylic acids is 2. The van der Waals surface area contributed by atoms with Gasteiger partial charge < -0.3 is 19.1 Å². The van der Waals surface area contributed by atoms with Crippen LogP contribution in [-0.2, 0) is 25.5 Å². The molecule has 0 unspecified atom stereocenters. The van der Waals surface area contributed by atoms with Crippen molar-refractivity contribution in [2.45, 2.75) is 32.6 Å². The molecule has 0 spiro atoms. The first-order valence-corrected chi connectivity index (χ1v) is 11.6. The van der Waals surface area contributed by atoms with Crippen LogP contribution in [0.4, 0.5) is 5.69 Å². The highest BCUT2D eigenvalue weighted by Crippen LogP contribution is 2.36. The van der Waals surface area contributed by atoms with E-state index < -0.39 is 0 Å². The van der Waals surface area contributed by atoms with Crippen molar-refractivity contribution in [3.8, 4) is 16.9 Å². The van der Waals surface area contributed by atoms with Crippen LogP contribution in [0.1, 0.15) is 31.7 Å². The fourth-order valence-corrected chi connectivity index (χ4v) is 4.71. The molecule has 1 saturated heterocycles. The van der Waals surface area contributed by atoms with Crippen LogP contribution in [0.15, 0.2) is 65.1 Å². The maximum absolute atomic E-state index is 13.1. The molecule has 0 atom stereocenters. The van der Waals surface area contributed by atoms with E-state index >= 15 is 0 Å². The van der Waals surface area contributed by atoms with Crippen LogP contribution in [0.5, 0.6) is 5.75 Å². The first-order chi connectivity index (χ1) is 16.5. The normalized spacial score (nSPS) is 16.8. The molecule has 6 nitrogen and oxygen atoms in total. The van der Waals surface area contributed by atoms with E-state index in [0.29, 0.717) is 17.6 Å². The number of rotatable bonds is 7. The lowest BCUT2D eigenvalue weighted by atomic mass is 9.88. The average molecular weight is 462 g/mol. The van der Waals surface area contributed by atoms with Crippen LogP contribution in [-0.4, -0.2) is 46.0 Å². The molecule has 4 rings (SSSR count). The molecule has 2 aliphatic rings. The predicted molar refractivity (Wildman–Crippen MR) is 132 cm³/mol. The third-order valence-electron chi connectivity index (χ3n) is 6.64. The van der Waals surface area contributed by atoms with Gasteiger partial charge in [0.05, 0.1) is 21.3 Å². The zero-order valence-corrected chi connectivity index (χ0v) is 20.3. The van der Waals surface area contributed by atoms with Crippen LogP contribution in [0, 0.1) is 0 Å². The minimum Gasteiger partial charge on any atom is -0.497 e. The summed E-state index contributed by atoms with van der Waals surface area (Å²) in [5.74, 6) is 0.160. The summed E-state index contributed by atoms with van der Waals surface area (Å²) in [6.07, 6.45) is 3.91. The first kappa shape index (κ1) is 23.6. The van der Waals surface area contributed by atoms with Crippen LogP contribution in [0.3, 0.4) is 0 Å². The summed E-state index contributed by atoms with van der Waals surface area (Å²) in [4.78, 5) is 28.3. The number of methoxy groups -OCH3 is 3. The predicted octanol–water partition coefficient (Wildman–Crippen LogP) is 4.87. The number of carbonyl (C=O) groups is 2. The quantitative estimate of drug-likeness (QED) is 0.549. The van der Waals surface area contributed by atoms with Crippen molar-refractivity contribution in [2.24, 2.45) is 0 Å². The Balaban J connectivity index is 1.72. The molecule has 178 valence electrons. The van der Waals surface area contributed by atoms with E-state index in [2.05, 4.69) is 29.2 Å². The topological polar surface area (TPSA) is 65.1 Å². The lowest BCUT2D eigenvalue weighted by molar-refractivity contribution is -0.121. The molecule has 0 saturated carbocycles. The molecule has 1 heterocycles. The summed E-state index contributed by atoms with van der Waals surface area (Å²) >= 11 is 0. The molecule has 1 aliphatic carbocycles. The first-order valence-electron chi connectivity index (χ1n) is 11.6. The van der Waals surface area contributed by atoms with Crippen molar-refractivity contribution < 1.29 is 23.8 Å². The minimum atomic E-state index is -0.306. The van der Waals surface area contributed by atoms with E-state index in [1.54, 1.807) is 14.0 Å². The van der Waals surface area contributed by atoms with Crippen molar-refractivity contribution in [3.63, 3.8) is 0 Å². The van der Waals surface area contributed by atoms with Gasteiger partial charge in [0.25, 0.3) is 0 Å². The summed E-state index contributed by atoms with van der Waals surface area (Å²) in [6.45, 7) is 3.68. The van der Waals surface area contributed by atoms with Crippen LogP contribution >= 0.6 is 0 Å². The Labute approximate surface area is 200 Å².